The van der Waals surface area contributed by atoms with Gasteiger partial charge in [0.1, 0.15) is 11.4 Å². The predicted octanol–water partition coefficient (Wildman–Crippen LogP) is 2.22. The van der Waals surface area contributed by atoms with Gasteiger partial charge in [-0.05, 0) is 56.7 Å². The number of carbonyl (C=O) groups is 2. The van der Waals surface area contributed by atoms with Crippen LogP contribution in [-0.2, 0) is 27.5 Å². The van der Waals surface area contributed by atoms with Crippen molar-refractivity contribution in [2.24, 2.45) is 0 Å². The monoisotopic (exact) mass is 487 g/mol. The zero-order chi connectivity index (χ0) is 24.1. The van der Waals surface area contributed by atoms with Crippen molar-refractivity contribution in [1.29, 1.82) is 0 Å². The Labute approximate surface area is 198 Å². The Bertz CT molecular complexity index is 1230. The van der Waals surface area contributed by atoms with Gasteiger partial charge in [0.15, 0.2) is 15.5 Å². The van der Waals surface area contributed by atoms with Crippen LogP contribution in [0.4, 0.5) is 0 Å². The van der Waals surface area contributed by atoms with Crippen LogP contribution in [0.15, 0.2) is 24.3 Å². The maximum absolute atomic E-state index is 13.6. The fourth-order valence-corrected chi connectivity index (χ4v) is 7.23. The number of methoxy groups -OCH3 is 1. The first-order valence-electron chi connectivity index (χ1n) is 11.7. The highest BCUT2D eigenvalue weighted by atomic mass is 32.2. The van der Waals surface area contributed by atoms with Crippen LogP contribution >= 0.6 is 0 Å². The number of amides is 1. The molecule has 1 aromatic heterocycles. The van der Waals surface area contributed by atoms with E-state index in [2.05, 4.69) is 5.10 Å². The summed E-state index contributed by atoms with van der Waals surface area (Å²) in [7, 11) is -1.65. The molecule has 0 saturated heterocycles. The summed E-state index contributed by atoms with van der Waals surface area (Å²) >= 11 is 0. The van der Waals surface area contributed by atoms with Crippen molar-refractivity contribution in [2.45, 2.75) is 55.6 Å². The lowest BCUT2D eigenvalue weighted by atomic mass is 10.0. The van der Waals surface area contributed by atoms with Gasteiger partial charge in [0.05, 0.1) is 30.3 Å². The Balaban J connectivity index is 1.46. The highest BCUT2D eigenvalue weighted by Crippen LogP contribution is 2.51. The standard InChI is InChI=1S/C24H29N3O6S/c1-3-33-23(29)20-19-10-13-26(15-24(11-12-24)34(30,31)18-8-9-18)22(28)21(19)27(25-20)14-16-4-6-17(32-2)7-5-16/h4-7,18H,3,8-15H2,1-2H3. The number of hydrogen-bond donors (Lipinski definition) is 0. The van der Waals surface area contributed by atoms with E-state index in [4.69, 9.17) is 9.47 Å². The molecule has 0 radical (unpaired) electrons. The Kier molecular flexibility index (Phi) is 5.66. The van der Waals surface area contributed by atoms with Crippen LogP contribution in [0.5, 0.6) is 5.75 Å². The smallest absolute Gasteiger partial charge is 0.359 e. The number of hydrogen-bond acceptors (Lipinski definition) is 7. The van der Waals surface area contributed by atoms with Crippen molar-refractivity contribution in [1.82, 2.24) is 14.7 Å². The second kappa shape index (κ2) is 8.41. The van der Waals surface area contributed by atoms with E-state index in [0.717, 1.165) is 18.4 Å². The second-order valence-electron chi connectivity index (χ2n) is 9.31. The normalized spacial score (nSPS) is 19.0. The Hall–Kier alpha value is -2.88. The molecule has 182 valence electrons. The van der Waals surface area contributed by atoms with Gasteiger partial charge in [-0.2, -0.15) is 5.10 Å². The zero-order valence-corrected chi connectivity index (χ0v) is 20.3. The van der Waals surface area contributed by atoms with Crippen molar-refractivity contribution in [3.63, 3.8) is 0 Å². The molecule has 2 aliphatic carbocycles. The quantitative estimate of drug-likeness (QED) is 0.499. The van der Waals surface area contributed by atoms with E-state index in [-0.39, 0.29) is 36.5 Å². The number of nitrogens with zero attached hydrogens (tertiary/aromatic N) is 3. The van der Waals surface area contributed by atoms with E-state index in [0.29, 0.717) is 42.8 Å². The average Bonchev–Trinajstić information content (AvgIpc) is 3.74. The third-order valence-electron chi connectivity index (χ3n) is 6.99. The van der Waals surface area contributed by atoms with E-state index in [1.54, 1.807) is 23.6 Å². The summed E-state index contributed by atoms with van der Waals surface area (Å²) in [6.07, 6.45) is 3.07. The molecule has 9 nitrogen and oxygen atoms in total. The minimum Gasteiger partial charge on any atom is -0.497 e. The molecular formula is C24H29N3O6S. The SMILES string of the molecule is CCOC(=O)c1nn(Cc2ccc(OC)cc2)c2c1CCN(CC1(S(=O)(=O)C3CC3)CC1)C2=O. The Morgan fingerprint density at radius 1 is 1.21 bits per heavy atom. The van der Waals surface area contributed by atoms with E-state index in [9.17, 15) is 18.0 Å². The first-order chi connectivity index (χ1) is 16.3. The van der Waals surface area contributed by atoms with E-state index < -0.39 is 20.6 Å². The van der Waals surface area contributed by atoms with Crippen LogP contribution in [0.1, 0.15) is 64.7 Å². The van der Waals surface area contributed by atoms with E-state index in [1.807, 2.05) is 24.3 Å². The number of benzene rings is 1. The highest BCUT2D eigenvalue weighted by Gasteiger charge is 2.60. The van der Waals surface area contributed by atoms with Crippen LogP contribution in [0.2, 0.25) is 0 Å². The number of fused-ring (bicyclic) bond motifs is 1. The minimum atomic E-state index is -3.24. The van der Waals surface area contributed by atoms with Crippen molar-refractivity contribution >= 4 is 21.7 Å². The molecule has 1 aliphatic heterocycles. The summed E-state index contributed by atoms with van der Waals surface area (Å²) in [6.45, 7) is 2.78. The zero-order valence-electron chi connectivity index (χ0n) is 19.5. The maximum Gasteiger partial charge on any atom is 0.359 e. The third kappa shape index (κ3) is 3.87. The van der Waals surface area contributed by atoms with Crippen molar-refractivity contribution < 1.29 is 27.5 Å². The topological polar surface area (TPSA) is 108 Å². The molecule has 5 rings (SSSR count). The number of carbonyl (C=O) groups excluding carboxylic acids is 2. The highest BCUT2D eigenvalue weighted by molar-refractivity contribution is 7.94. The van der Waals surface area contributed by atoms with Gasteiger partial charge in [0.25, 0.3) is 5.91 Å². The summed E-state index contributed by atoms with van der Waals surface area (Å²) in [5, 5.41) is 4.23. The Morgan fingerprint density at radius 3 is 2.50 bits per heavy atom. The number of sulfone groups is 1. The van der Waals surface area contributed by atoms with Crippen LogP contribution in [0.3, 0.4) is 0 Å². The Morgan fingerprint density at radius 2 is 1.91 bits per heavy atom. The summed E-state index contributed by atoms with van der Waals surface area (Å²) < 4.78 is 37.1. The van der Waals surface area contributed by atoms with E-state index in [1.165, 1.54) is 0 Å². The third-order valence-corrected chi connectivity index (χ3v) is 10.1. The molecule has 0 spiro atoms. The van der Waals surface area contributed by atoms with Gasteiger partial charge in [-0.3, -0.25) is 9.48 Å². The molecule has 0 atom stereocenters. The molecule has 0 N–H and O–H groups in total. The molecule has 2 saturated carbocycles. The predicted molar refractivity (Wildman–Crippen MR) is 124 cm³/mol. The van der Waals surface area contributed by atoms with Gasteiger partial charge in [0, 0.05) is 18.7 Å². The minimum absolute atomic E-state index is 0.157. The molecule has 0 unspecified atom stereocenters. The molecule has 2 heterocycles. The maximum atomic E-state index is 13.6. The fourth-order valence-electron chi connectivity index (χ4n) is 4.76. The number of aromatic nitrogens is 2. The van der Waals surface area contributed by atoms with Gasteiger partial charge >= 0.3 is 5.97 Å². The molecular weight excluding hydrogens is 458 g/mol. The summed E-state index contributed by atoms with van der Waals surface area (Å²) in [4.78, 5) is 27.9. The van der Waals surface area contributed by atoms with Crippen molar-refractivity contribution in [3.8, 4) is 5.75 Å². The van der Waals surface area contributed by atoms with Crippen LogP contribution in [0, 0.1) is 0 Å². The fraction of sp³-hybridized carbons (Fsp3) is 0.542. The molecule has 10 heteroatoms. The van der Waals surface area contributed by atoms with Gasteiger partial charge < -0.3 is 14.4 Å². The molecule has 1 amide bonds. The molecule has 34 heavy (non-hydrogen) atoms. The lowest BCUT2D eigenvalue weighted by Gasteiger charge is -2.31. The van der Waals surface area contributed by atoms with Gasteiger partial charge in [-0.25, -0.2) is 13.2 Å². The van der Waals surface area contributed by atoms with Gasteiger partial charge in [-0.15, -0.1) is 0 Å². The molecule has 2 aromatic rings. The average molecular weight is 488 g/mol. The first kappa shape index (κ1) is 22.9. The molecule has 3 aliphatic rings. The molecule has 0 bridgehead atoms. The summed E-state index contributed by atoms with van der Waals surface area (Å²) in [5.41, 5.74) is 1.96. The van der Waals surface area contributed by atoms with Crippen LogP contribution < -0.4 is 4.74 Å². The van der Waals surface area contributed by atoms with Gasteiger partial charge in [-0.1, -0.05) is 12.1 Å². The first-order valence-corrected chi connectivity index (χ1v) is 13.3. The number of rotatable bonds is 9. The summed E-state index contributed by atoms with van der Waals surface area (Å²) in [5.74, 6) is -0.120. The lowest BCUT2D eigenvalue weighted by molar-refractivity contribution is 0.0517. The second-order valence-corrected chi connectivity index (χ2v) is 11.9. The largest absolute Gasteiger partial charge is 0.497 e. The summed E-state index contributed by atoms with van der Waals surface area (Å²) in [6, 6.07) is 7.41. The van der Waals surface area contributed by atoms with Crippen LogP contribution in [-0.4, -0.2) is 71.8 Å². The van der Waals surface area contributed by atoms with E-state index >= 15 is 0 Å². The van der Waals surface area contributed by atoms with Crippen molar-refractivity contribution in [3.05, 3.63) is 46.8 Å². The van der Waals surface area contributed by atoms with Gasteiger partial charge in [0.2, 0.25) is 0 Å². The van der Waals surface area contributed by atoms with Crippen molar-refractivity contribution in [2.75, 3.05) is 26.8 Å². The van der Waals surface area contributed by atoms with Crippen LogP contribution in [0.25, 0.3) is 0 Å². The number of esters is 1. The lowest BCUT2D eigenvalue weighted by Crippen LogP contribution is -2.47. The molecule has 2 fully saturated rings. The molecule has 1 aromatic carbocycles. The number of ether oxygens (including phenoxy) is 2.